The van der Waals surface area contributed by atoms with E-state index in [9.17, 15) is 9.90 Å². The van der Waals surface area contributed by atoms with Gasteiger partial charge in [-0.3, -0.25) is 0 Å². The Morgan fingerprint density at radius 3 is 2.38 bits per heavy atom. The van der Waals surface area contributed by atoms with E-state index in [0.717, 1.165) is 45.4 Å². The van der Waals surface area contributed by atoms with E-state index >= 15 is 8.42 Å². The Labute approximate surface area is 296 Å². The molecule has 1 heterocycles. The quantitative estimate of drug-likeness (QED) is 0.137. The Morgan fingerprint density at radius 2 is 1.66 bits per heavy atom. The Kier molecular flexibility index (Phi) is 11.7. The summed E-state index contributed by atoms with van der Waals surface area (Å²) >= 11 is 0. The predicted molar refractivity (Wildman–Crippen MR) is 195 cm³/mol. The van der Waals surface area contributed by atoms with Gasteiger partial charge in [-0.15, -0.1) is 0 Å². The molecule has 2 N–H and O–H groups in total. The average molecular weight is 697 g/mol. The van der Waals surface area contributed by atoms with Crippen molar-refractivity contribution in [3.05, 3.63) is 125 Å². The number of amides is 1. The second kappa shape index (κ2) is 16.3. The molecule has 0 aromatic heterocycles. The van der Waals surface area contributed by atoms with Gasteiger partial charge in [0.15, 0.2) is 0 Å². The van der Waals surface area contributed by atoms with Gasteiger partial charge in [0.2, 0.25) is 10.0 Å². The van der Waals surface area contributed by atoms with Crippen molar-refractivity contribution in [2.45, 2.75) is 75.5 Å². The Balaban J connectivity index is 1.38. The zero-order valence-corrected chi connectivity index (χ0v) is 29.8. The van der Waals surface area contributed by atoms with Crippen LogP contribution in [0.2, 0.25) is 0 Å². The van der Waals surface area contributed by atoms with Crippen LogP contribution in [0.4, 0.5) is 4.79 Å². The molecule has 50 heavy (non-hydrogen) atoms. The number of unbranched alkanes of at least 4 members (excludes halogenated alkanes) is 1. The van der Waals surface area contributed by atoms with Gasteiger partial charge in [0.05, 0.1) is 30.3 Å². The van der Waals surface area contributed by atoms with Crippen LogP contribution in [-0.2, 0) is 38.8 Å². The Hall–Kier alpha value is -4.02. The van der Waals surface area contributed by atoms with E-state index in [1.54, 1.807) is 10.4 Å². The van der Waals surface area contributed by atoms with Crippen LogP contribution in [0.5, 0.6) is 0 Å². The smallest absolute Gasteiger partial charge is 0.407 e. The number of benzene rings is 4. The molecule has 9 heteroatoms. The van der Waals surface area contributed by atoms with Crippen molar-refractivity contribution in [1.82, 2.24) is 9.62 Å². The molecule has 264 valence electrons. The molecule has 1 amide bonds. The maximum atomic E-state index is 15.2. The molecule has 8 nitrogen and oxygen atoms in total. The number of carbonyl (C=O) groups is 1. The standard InChI is InChI=1S/C41H48N2O6S/c1-29(2)27-43(40-35-18-10-9-17-32(35)26-38(40)44)50(46,47)39-21-20-34(31-15-7-4-8-16-31)36(37(39)25-30-13-5-3-6-14-30)19-11-12-23-42-41(45)49-33-22-24-48-28-33/h3-10,13-18,20-21,29,33,38,40,44H,11-12,19,22-28H2,1-2H3,(H,42,45)/t33-,38+,40-/m0/s1. The number of aliphatic hydroxyl groups excluding tert-OH is 1. The van der Waals surface area contributed by atoms with E-state index in [1.165, 1.54) is 0 Å². The fourth-order valence-electron chi connectivity index (χ4n) is 7.24. The second-order valence-electron chi connectivity index (χ2n) is 13.8. The third-order valence-electron chi connectivity index (χ3n) is 9.59. The lowest BCUT2D eigenvalue weighted by Gasteiger charge is -2.33. The van der Waals surface area contributed by atoms with Crippen LogP contribution in [0.25, 0.3) is 11.1 Å². The van der Waals surface area contributed by atoms with Crippen LogP contribution < -0.4 is 5.32 Å². The first-order valence-corrected chi connectivity index (χ1v) is 19.2. The number of nitrogens with one attached hydrogen (secondary N) is 1. The summed E-state index contributed by atoms with van der Waals surface area (Å²) in [6.07, 6.45) is 2.09. The highest BCUT2D eigenvalue weighted by Crippen LogP contribution is 2.42. The van der Waals surface area contributed by atoms with Gasteiger partial charge >= 0.3 is 6.09 Å². The molecular weight excluding hydrogens is 649 g/mol. The third-order valence-corrected chi connectivity index (χ3v) is 11.5. The molecule has 6 rings (SSSR count). The lowest BCUT2D eigenvalue weighted by Crippen LogP contribution is -2.41. The van der Waals surface area contributed by atoms with Crippen LogP contribution in [0.3, 0.4) is 0 Å². The lowest BCUT2D eigenvalue weighted by atomic mass is 9.89. The van der Waals surface area contributed by atoms with Gasteiger partial charge < -0.3 is 19.9 Å². The van der Waals surface area contributed by atoms with E-state index in [-0.39, 0.29) is 23.5 Å². The predicted octanol–water partition coefficient (Wildman–Crippen LogP) is 7.09. The van der Waals surface area contributed by atoms with E-state index in [2.05, 4.69) is 17.4 Å². The lowest BCUT2D eigenvalue weighted by molar-refractivity contribution is 0.0831. The van der Waals surface area contributed by atoms with E-state index in [0.29, 0.717) is 51.9 Å². The third kappa shape index (κ3) is 8.29. The van der Waals surface area contributed by atoms with Crippen molar-refractivity contribution in [3.8, 4) is 11.1 Å². The molecule has 4 aromatic carbocycles. The van der Waals surface area contributed by atoms with Crippen LogP contribution in [0.15, 0.2) is 102 Å². The van der Waals surface area contributed by atoms with Gasteiger partial charge in [-0.2, -0.15) is 4.31 Å². The van der Waals surface area contributed by atoms with Gasteiger partial charge in [0.25, 0.3) is 0 Å². The van der Waals surface area contributed by atoms with Crippen LogP contribution in [0, 0.1) is 5.92 Å². The van der Waals surface area contributed by atoms with Gasteiger partial charge in [-0.25, -0.2) is 13.2 Å². The highest BCUT2D eigenvalue weighted by molar-refractivity contribution is 7.89. The van der Waals surface area contributed by atoms with Crippen LogP contribution in [-0.4, -0.2) is 62.4 Å². The fraction of sp³-hybridized carbons (Fsp3) is 0.390. The van der Waals surface area contributed by atoms with E-state index in [4.69, 9.17) is 9.47 Å². The molecule has 0 bridgehead atoms. The molecular formula is C41H48N2O6S. The summed E-state index contributed by atoms with van der Waals surface area (Å²) in [5.74, 6) is 0.0331. The van der Waals surface area contributed by atoms with Crippen molar-refractivity contribution in [3.63, 3.8) is 0 Å². The van der Waals surface area contributed by atoms with Gasteiger partial charge in [0, 0.05) is 25.9 Å². The van der Waals surface area contributed by atoms with Crippen molar-refractivity contribution in [1.29, 1.82) is 0 Å². The number of carbonyl (C=O) groups excluding carboxylic acids is 1. The monoisotopic (exact) mass is 696 g/mol. The highest BCUT2D eigenvalue weighted by Gasteiger charge is 2.42. The van der Waals surface area contributed by atoms with Crippen LogP contribution >= 0.6 is 0 Å². The Morgan fingerprint density at radius 1 is 0.940 bits per heavy atom. The average Bonchev–Trinajstić information content (AvgIpc) is 3.74. The summed E-state index contributed by atoms with van der Waals surface area (Å²) in [4.78, 5) is 12.6. The number of alkyl carbamates (subject to hydrolysis) is 1. The fourth-order valence-corrected chi connectivity index (χ4v) is 9.29. The first kappa shape index (κ1) is 35.8. The molecule has 0 radical (unpaired) electrons. The summed E-state index contributed by atoms with van der Waals surface area (Å²) in [5, 5.41) is 14.3. The summed E-state index contributed by atoms with van der Waals surface area (Å²) in [7, 11) is -4.10. The van der Waals surface area contributed by atoms with Crippen molar-refractivity contribution < 1.29 is 27.8 Å². The molecule has 4 aromatic rings. The summed E-state index contributed by atoms with van der Waals surface area (Å²) in [6.45, 7) is 5.77. The number of hydrogen-bond acceptors (Lipinski definition) is 6. The minimum atomic E-state index is -4.10. The number of nitrogens with zero attached hydrogens (tertiary/aromatic N) is 1. The van der Waals surface area contributed by atoms with E-state index < -0.39 is 28.3 Å². The molecule has 1 saturated heterocycles. The molecule has 3 atom stereocenters. The van der Waals surface area contributed by atoms with Gasteiger partial charge in [0.1, 0.15) is 6.10 Å². The largest absolute Gasteiger partial charge is 0.444 e. The number of fused-ring (bicyclic) bond motifs is 1. The van der Waals surface area contributed by atoms with E-state index in [1.807, 2.05) is 92.7 Å². The number of aliphatic hydroxyl groups is 1. The van der Waals surface area contributed by atoms with Gasteiger partial charge in [-0.1, -0.05) is 105 Å². The number of hydrogen-bond donors (Lipinski definition) is 2. The van der Waals surface area contributed by atoms with Gasteiger partial charge in [-0.05, 0) is 76.6 Å². The molecule has 1 fully saturated rings. The van der Waals surface area contributed by atoms with Crippen molar-refractivity contribution in [2.24, 2.45) is 5.92 Å². The number of ether oxygens (including phenoxy) is 2. The zero-order valence-electron chi connectivity index (χ0n) is 29.0. The zero-order chi connectivity index (χ0) is 35.1. The minimum Gasteiger partial charge on any atom is -0.444 e. The molecule has 2 aliphatic rings. The Bertz CT molecular complexity index is 1840. The second-order valence-corrected chi connectivity index (χ2v) is 15.6. The molecule has 0 spiro atoms. The molecule has 0 unspecified atom stereocenters. The number of sulfonamides is 1. The molecule has 1 aliphatic heterocycles. The summed E-state index contributed by atoms with van der Waals surface area (Å²) in [6, 6.07) is 30.9. The molecule has 1 aliphatic carbocycles. The maximum Gasteiger partial charge on any atom is 0.407 e. The molecule has 0 saturated carbocycles. The SMILES string of the molecule is CC(C)CN([C@H]1c2ccccc2C[C@H]1O)S(=O)(=O)c1ccc(-c2ccccc2)c(CCCCNC(=O)O[C@H]2CCOC2)c1Cc1ccccc1. The maximum absolute atomic E-state index is 15.2. The first-order chi connectivity index (χ1) is 24.2. The van der Waals surface area contributed by atoms with Crippen molar-refractivity contribution >= 4 is 16.1 Å². The summed E-state index contributed by atoms with van der Waals surface area (Å²) in [5.41, 5.74) is 6.60. The van der Waals surface area contributed by atoms with Crippen LogP contribution in [0.1, 0.15) is 67.0 Å². The first-order valence-electron chi connectivity index (χ1n) is 17.8. The van der Waals surface area contributed by atoms with Crippen molar-refractivity contribution in [2.75, 3.05) is 26.3 Å². The number of rotatable bonds is 14. The highest BCUT2D eigenvalue weighted by atomic mass is 32.2. The summed E-state index contributed by atoms with van der Waals surface area (Å²) < 4.78 is 42.6. The minimum absolute atomic E-state index is 0.0331. The normalized spacial score (nSPS) is 18.8. The topological polar surface area (TPSA) is 105 Å².